The predicted octanol–water partition coefficient (Wildman–Crippen LogP) is 3.00. The van der Waals surface area contributed by atoms with Crippen molar-refractivity contribution in [1.82, 2.24) is 4.90 Å². The fourth-order valence-electron chi connectivity index (χ4n) is 2.77. The van der Waals surface area contributed by atoms with E-state index in [1.54, 1.807) is 31.2 Å². The van der Waals surface area contributed by atoms with Gasteiger partial charge >= 0.3 is 5.97 Å². The minimum atomic E-state index is -1.02. The summed E-state index contributed by atoms with van der Waals surface area (Å²) in [5.74, 6) is 0.197. The van der Waals surface area contributed by atoms with Crippen LogP contribution in [0.25, 0.3) is 0 Å². The Morgan fingerprint density at radius 3 is 2.11 bits per heavy atom. The molecule has 0 spiro atoms. The number of aliphatic carboxylic acids is 1. The Labute approximate surface area is 159 Å². The van der Waals surface area contributed by atoms with Gasteiger partial charge in [-0.2, -0.15) is 0 Å². The number of benzene rings is 2. The third-order valence-corrected chi connectivity index (χ3v) is 4.20. The SMILES string of the molecule is COc1ccc(CC(C)C(=O)N(C)Cc2ccc(OCC(=O)O)cc2)cc1. The molecule has 2 rings (SSSR count). The first kappa shape index (κ1) is 20.3. The minimum absolute atomic E-state index is 0.0667. The van der Waals surface area contributed by atoms with E-state index in [1.807, 2.05) is 43.3 Å². The smallest absolute Gasteiger partial charge is 0.341 e. The number of hydrogen-bond acceptors (Lipinski definition) is 4. The summed E-state index contributed by atoms with van der Waals surface area (Å²) in [6, 6.07) is 14.8. The van der Waals surface area contributed by atoms with Gasteiger partial charge in [0, 0.05) is 19.5 Å². The Morgan fingerprint density at radius 2 is 1.56 bits per heavy atom. The second kappa shape index (κ2) is 9.62. The van der Waals surface area contributed by atoms with Gasteiger partial charge in [-0.1, -0.05) is 31.2 Å². The molecule has 2 aromatic rings. The molecule has 27 heavy (non-hydrogen) atoms. The first-order valence-electron chi connectivity index (χ1n) is 8.70. The van der Waals surface area contributed by atoms with E-state index in [0.717, 1.165) is 16.9 Å². The highest BCUT2D eigenvalue weighted by Gasteiger charge is 2.18. The maximum Gasteiger partial charge on any atom is 0.341 e. The molecule has 0 saturated heterocycles. The van der Waals surface area contributed by atoms with Crippen LogP contribution in [0.4, 0.5) is 0 Å². The molecule has 1 amide bonds. The van der Waals surface area contributed by atoms with Crippen LogP contribution in [0.15, 0.2) is 48.5 Å². The molecule has 0 aliphatic carbocycles. The average Bonchev–Trinajstić information content (AvgIpc) is 2.67. The maximum absolute atomic E-state index is 12.6. The lowest BCUT2D eigenvalue weighted by molar-refractivity contribution is -0.139. The number of methoxy groups -OCH3 is 1. The predicted molar refractivity (Wildman–Crippen MR) is 102 cm³/mol. The zero-order valence-electron chi connectivity index (χ0n) is 15.8. The normalized spacial score (nSPS) is 11.5. The zero-order chi connectivity index (χ0) is 19.8. The molecular weight excluding hydrogens is 346 g/mol. The van der Waals surface area contributed by atoms with Gasteiger partial charge in [-0.05, 0) is 41.8 Å². The number of carboxylic acids is 1. The molecule has 1 N–H and O–H groups in total. The topological polar surface area (TPSA) is 76.1 Å². The number of ether oxygens (including phenoxy) is 2. The Bertz CT molecular complexity index is 755. The van der Waals surface area contributed by atoms with Crippen LogP contribution < -0.4 is 9.47 Å². The molecule has 144 valence electrons. The van der Waals surface area contributed by atoms with Crippen LogP contribution in [-0.2, 0) is 22.6 Å². The second-order valence-electron chi connectivity index (χ2n) is 6.47. The van der Waals surface area contributed by atoms with E-state index >= 15 is 0 Å². The molecule has 0 bridgehead atoms. The van der Waals surface area contributed by atoms with Gasteiger partial charge in [0.25, 0.3) is 0 Å². The molecule has 1 atom stereocenters. The summed E-state index contributed by atoms with van der Waals surface area (Å²) in [5.41, 5.74) is 2.04. The summed E-state index contributed by atoms with van der Waals surface area (Å²) in [6.07, 6.45) is 0.662. The van der Waals surface area contributed by atoms with Crippen molar-refractivity contribution < 1.29 is 24.2 Å². The Balaban J connectivity index is 1.88. The molecule has 0 saturated carbocycles. The number of hydrogen-bond donors (Lipinski definition) is 1. The fraction of sp³-hybridized carbons (Fsp3) is 0.333. The van der Waals surface area contributed by atoms with Crippen molar-refractivity contribution in [2.45, 2.75) is 19.9 Å². The van der Waals surface area contributed by atoms with Crippen molar-refractivity contribution in [1.29, 1.82) is 0 Å². The maximum atomic E-state index is 12.6. The van der Waals surface area contributed by atoms with Crippen molar-refractivity contribution in [3.8, 4) is 11.5 Å². The molecular formula is C21H25NO5. The van der Waals surface area contributed by atoms with Gasteiger partial charge in [0.15, 0.2) is 6.61 Å². The van der Waals surface area contributed by atoms with Gasteiger partial charge in [-0.15, -0.1) is 0 Å². The summed E-state index contributed by atoms with van der Waals surface area (Å²) in [6.45, 7) is 2.03. The minimum Gasteiger partial charge on any atom is -0.497 e. The van der Waals surface area contributed by atoms with Crippen molar-refractivity contribution in [2.75, 3.05) is 20.8 Å². The van der Waals surface area contributed by atoms with Crippen LogP contribution >= 0.6 is 0 Å². The Morgan fingerprint density at radius 1 is 1.00 bits per heavy atom. The van der Waals surface area contributed by atoms with Gasteiger partial charge in [0.2, 0.25) is 5.91 Å². The lowest BCUT2D eigenvalue weighted by Gasteiger charge is -2.22. The Hall–Kier alpha value is -3.02. The van der Waals surface area contributed by atoms with Gasteiger partial charge in [0.1, 0.15) is 11.5 Å². The molecule has 0 aliphatic rings. The number of nitrogens with zero attached hydrogens (tertiary/aromatic N) is 1. The highest BCUT2D eigenvalue weighted by Crippen LogP contribution is 2.17. The van der Waals surface area contributed by atoms with Crippen LogP contribution in [0.2, 0.25) is 0 Å². The average molecular weight is 371 g/mol. The largest absolute Gasteiger partial charge is 0.497 e. The van der Waals surface area contributed by atoms with Gasteiger partial charge in [-0.25, -0.2) is 4.79 Å². The third-order valence-electron chi connectivity index (χ3n) is 4.20. The van der Waals surface area contributed by atoms with E-state index < -0.39 is 5.97 Å². The molecule has 0 heterocycles. The molecule has 0 radical (unpaired) electrons. The number of carbonyl (C=O) groups is 2. The van der Waals surface area contributed by atoms with Crippen LogP contribution in [0.3, 0.4) is 0 Å². The molecule has 0 fully saturated rings. The molecule has 0 aromatic heterocycles. The van der Waals surface area contributed by atoms with E-state index in [-0.39, 0.29) is 18.4 Å². The number of carbonyl (C=O) groups excluding carboxylic acids is 1. The summed E-state index contributed by atoms with van der Waals surface area (Å²) < 4.78 is 10.3. The van der Waals surface area contributed by atoms with E-state index in [9.17, 15) is 9.59 Å². The lowest BCUT2D eigenvalue weighted by atomic mass is 9.99. The monoisotopic (exact) mass is 371 g/mol. The van der Waals surface area contributed by atoms with Crippen LogP contribution in [-0.4, -0.2) is 42.6 Å². The van der Waals surface area contributed by atoms with Crippen LogP contribution in [0.5, 0.6) is 11.5 Å². The van der Waals surface area contributed by atoms with Crippen molar-refractivity contribution in [3.63, 3.8) is 0 Å². The highest BCUT2D eigenvalue weighted by atomic mass is 16.5. The number of amides is 1. The van der Waals surface area contributed by atoms with E-state index in [2.05, 4.69) is 0 Å². The van der Waals surface area contributed by atoms with E-state index in [4.69, 9.17) is 14.6 Å². The zero-order valence-corrected chi connectivity index (χ0v) is 15.8. The van der Waals surface area contributed by atoms with Crippen molar-refractivity contribution in [2.24, 2.45) is 5.92 Å². The summed E-state index contributed by atoms with van der Waals surface area (Å²) in [4.78, 5) is 24.8. The van der Waals surface area contributed by atoms with Gasteiger partial charge in [0.05, 0.1) is 7.11 Å². The van der Waals surface area contributed by atoms with Gasteiger partial charge < -0.3 is 19.5 Å². The van der Waals surface area contributed by atoms with Crippen molar-refractivity contribution >= 4 is 11.9 Å². The Kier molecular flexibility index (Phi) is 7.23. The third kappa shape index (κ3) is 6.33. The number of carboxylic acid groups (broad SMARTS) is 1. The highest BCUT2D eigenvalue weighted by molar-refractivity contribution is 5.78. The molecule has 1 unspecified atom stereocenters. The standard InChI is InChI=1S/C21H25NO5/c1-15(12-16-4-8-18(26-3)9-5-16)21(25)22(2)13-17-6-10-19(11-7-17)27-14-20(23)24/h4-11,15H,12-14H2,1-3H3,(H,23,24). The van der Waals surface area contributed by atoms with Crippen LogP contribution in [0.1, 0.15) is 18.1 Å². The number of rotatable bonds is 9. The first-order chi connectivity index (χ1) is 12.9. The lowest BCUT2D eigenvalue weighted by Crippen LogP contribution is -2.32. The van der Waals surface area contributed by atoms with E-state index in [0.29, 0.717) is 18.7 Å². The summed E-state index contributed by atoms with van der Waals surface area (Å²) >= 11 is 0. The van der Waals surface area contributed by atoms with Crippen LogP contribution in [0, 0.1) is 5.92 Å². The molecule has 6 nitrogen and oxygen atoms in total. The first-order valence-corrected chi connectivity index (χ1v) is 8.70. The fourth-order valence-corrected chi connectivity index (χ4v) is 2.77. The van der Waals surface area contributed by atoms with Crippen molar-refractivity contribution in [3.05, 3.63) is 59.7 Å². The van der Waals surface area contributed by atoms with E-state index in [1.165, 1.54) is 0 Å². The van der Waals surface area contributed by atoms with Gasteiger partial charge in [-0.3, -0.25) is 4.79 Å². The summed E-state index contributed by atoms with van der Waals surface area (Å²) in [7, 11) is 3.41. The quantitative estimate of drug-likeness (QED) is 0.733. The second-order valence-corrected chi connectivity index (χ2v) is 6.47. The molecule has 6 heteroatoms. The summed E-state index contributed by atoms with van der Waals surface area (Å²) in [5, 5.41) is 8.62. The molecule has 0 aliphatic heterocycles. The molecule has 2 aromatic carbocycles.